The summed E-state index contributed by atoms with van der Waals surface area (Å²) in [5.74, 6) is 0.898. The van der Waals surface area contributed by atoms with Crippen LogP contribution < -0.4 is 16.0 Å². The van der Waals surface area contributed by atoms with Crippen molar-refractivity contribution in [3.8, 4) is 0 Å². The summed E-state index contributed by atoms with van der Waals surface area (Å²) >= 11 is 0. The fourth-order valence-corrected chi connectivity index (χ4v) is 2.46. The van der Waals surface area contributed by atoms with E-state index in [2.05, 4.69) is 10.4 Å². The first-order valence-corrected chi connectivity index (χ1v) is 5.83. The second-order valence-corrected chi connectivity index (χ2v) is 4.41. The minimum absolute atomic E-state index is 0.0424. The highest BCUT2D eigenvalue weighted by molar-refractivity contribution is 5.86. The first-order valence-electron chi connectivity index (χ1n) is 5.83. The zero-order valence-electron chi connectivity index (χ0n) is 10.5. The van der Waals surface area contributed by atoms with E-state index in [4.69, 9.17) is 5.73 Å². The Morgan fingerprint density at radius 1 is 1.59 bits per heavy atom. The highest BCUT2D eigenvalue weighted by Gasteiger charge is 2.33. The number of aromatic nitrogens is 2. The van der Waals surface area contributed by atoms with Gasteiger partial charge in [0.15, 0.2) is 5.82 Å². The second-order valence-electron chi connectivity index (χ2n) is 4.41. The van der Waals surface area contributed by atoms with Crippen LogP contribution >= 0.6 is 0 Å². The molecule has 2 heterocycles. The van der Waals surface area contributed by atoms with Crippen molar-refractivity contribution in [2.45, 2.75) is 25.8 Å². The molecule has 1 fully saturated rings. The highest BCUT2D eigenvalue weighted by atomic mass is 16.2. The molecule has 1 unspecified atom stereocenters. The third-order valence-electron chi connectivity index (χ3n) is 3.31. The van der Waals surface area contributed by atoms with Gasteiger partial charge in [0, 0.05) is 20.6 Å². The maximum Gasteiger partial charge on any atom is 0.242 e. The Morgan fingerprint density at radius 3 is 2.82 bits per heavy atom. The third kappa shape index (κ3) is 1.83. The SMILES string of the molecule is CNC(=O)C1CCCN1c1c(N)c(C)nn1C. The zero-order valence-corrected chi connectivity index (χ0v) is 10.5. The number of hydrogen-bond acceptors (Lipinski definition) is 4. The fourth-order valence-electron chi connectivity index (χ4n) is 2.46. The maximum absolute atomic E-state index is 11.8. The molecule has 0 aromatic carbocycles. The molecule has 6 heteroatoms. The number of nitrogens with one attached hydrogen (secondary N) is 1. The number of amides is 1. The number of carbonyl (C=O) groups excluding carboxylic acids is 1. The summed E-state index contributed by atoms with van der Waals surface area (Å²) in [7, 11) is 3.52. The van der Waals surface area contributed by atoms with Gasteiger partial charge in [0.2, 0.25) is 5.91 Å². The van der Waals surface area contributed by atoms with Crippen molar-refractivity contribution in [3.05, 3.63) is 5.69 Å². The lowest BCUT2D eigenvalue weighted by Gasteiger charge is -2.25. The lowest BCUT2D eigenvalue weighted by Crippen LogP contribution is -2.43. The Bertz CT molecular complexity index is 439. The molecule has 1 saturated heterocycles. The van der Waals surface area contributed by atoms with E-state index in [1.807, 2.05) is 18.9 Å². The molecule has 1 atom stereocenters. The minimum Gasteiger partial charge on any atom is -0.394 e. The van der Waals surface area contributed by atoms with Gasteiger partial charge in [-0.2, -0.15) is 5.10 Å². The first kappa shape index (κ1) is 11.8. The normalized spacial score (nSPS) is 19.7. The summed E-state index contributed by atoms with van der Waals surface area (Å²) < 4.78 is 1.76. The van der Waals surface area contributed by atoms with E-state index >= 15 is 0 Å². The highest BCUT2D eigenvalue weighted by Crippen LogP contribution is 2.31. The second kappa shape index (κ2) is 4.27. The van der Waals surface area contributed by atoms with E-state index in [9.17, 15) is 4.79 Å². The van der Waals surface area contributed by atoms with Gasteiger partial charge in [-0.3, -0.25) is 9.48 Å². The van der Waals surface area contributed by atoms with Crippen molar-refractivity contribution in [1.82, 2.24) is 15.1 Å². The topological polar surface area (TPSA) is 76.2 Å². The van der Waals surface area contributed by atoms with Gasteiger partial charge in [-0.25, -0.2) is 0 Å². The molecule has 6 nitrogen and oxygen atoms in total. The number of hydrogen-bond donors (Lipinski definition) is 2. The van der Waals surface area contributed by atoms with Gasteiger partial charge in [-0.1, -0.05) is 0 Å². The summed E-state index contributed by atoms with van der Waals surface area (Å²) in [4.78, 5) is 13.9. The van der Waals surface area contributed by atoms with Crippen LogP contribution in [-0.2, 0) is 11.8 Å². The van der Waals surface area contributed by atoms with Crippen LogP contribution in [-0.4, -0.2) is 35.3 Å². The van der Waals surface area contributed by atoms with Crippen molar-refractivity contribution in [2.75, 3.05) is 24.2 Å². The van der Waals surface area contributed by atoms with Crippen molar-refractivity contribution in [2.24, 2.45) is 7.05 Å². The Balaban J connectivity index is 2.35. The average molecular weight is 237 g/mol. The van der Waals surface area contributed by atoms with Crippen molar-refractivity contribution in [3.63, 3.8) is 0 Å². The summed E-state index contributed by atoms with van der Waals surface area (Å²) in [6.07, 6.45) is 1.87. The van der Waals surface area contributed by atoms with E-state index < -0.39 is 0 Å². The minimum atomic E-state index is -0.128. The van der Waals surface area contributed by atoms with Gasteiger partial charge in [0.05, 0.1) is 11.4 Å². The summed E-state index contributed by atoms with van der Waals surface area (Å²) in [6, 6.07) is -0.128. The average Bonchev–Trinajstić information content (AvgIpc) is 2.84. The number of likely N-dealkylation sites (N-methyl/N-ethyl adjacent to an activating group) is 1. The van der Waals surface area contributed by atoms with Crippen molar-refractivity contribution < 1.29 is 4.79 Å². The summed E-state index contributed by atoms with van der Waals surface area (Å²) in [5.41, 5.74) is 7.51. The number of aryl methyl sites for hydroxylation is 2. The molecular formula is C11H19N5O. The van der Waals surface area contributed by atoms with E-state index in [0.717, 1.165) is 30.9 Å². The van der Waals surface area contributed by atoms with Crippen LogP contribution in [0, 0.1) is 6.92 Å². The number of anilines is 2. The lowest BCUT2D eigenvalue weighted by molar-refractivity contribution is -0.121. The smallest absolute Gasteiger partial charge is 0.242 e. The van der Waals surface area contributed by atoms with Crippen LogP contribution in [0.15, 0.2) is 0 Å². The number of nitrogens with zero attached hydrogens (tertiary/aromatic N) is 3. The molecule has 0 radical (unpaired) electrons. The predicted octanol–water partition coefficient (Wildman–Crippen LogP) is 0.0255. The molecule has 94 valence electrons. The Hall–Kier alpha value is -1.72. The van der Waals surface area contributed by atoms with Crippen LogP contribution in [0.3, 0.4) is 0 Å². The molecule has 1 aliphatic rings. The summed E-state index contributed by atoms with van der Waals surface area (Å²) in [6.45, 7) is 2.73. The molecule has 0 bridgehead atoms. The van der Waals surface area contributed by atoms with Crippen LogP contribution in [0.5, 0.6) is 0 Å². The van der Waals surface area contributed by atoms with Crippen molar-refractivity contribution in [1.29, 1.82) is 0 Å². The van der Waals surface area contributed by atoms with E-state index in [1.54, 1.807) is 11.7 Å². The largest absolute Gasteiger partial charge is 0.394 e. The molecule has 1 aromatic heterocycles. The zero-order chi connectivity index (χ0) is 12.6. The van der Waals surface area contributed by atoms with Crippen LogP contribution in [0.25, 0.3) is 0 Å². The van der Waals surface area contributed by atoms with E-state index in [1.165, 1.54) is 0 Å². The van der Waals surface area contributed by atoms with Crippen LogP contribution in [0.4, 0.5) is 11.5 Å². The Labute approximate surface area is 101 Å². The van der Waals surface area contributed by atoms with Gasteiger partial charge in [0.1, 0.15) is 6.04 Å². The van der Waals surface area contributed by atoms with Crippen LogP contribution in [0.1, 0.15) is 18.5 Å². The number of nitrogens with two attached hydrogens (primary N) is 1. The third-order valence-corrected chi connectivity index (χ3v) is 3.31. The predicted molar refractivity (Wildman–Crippen MR) is 66.8 cm³/mol. The lowest BCUT2D eigenvalue weighted by atomic mass is 10.2. The quantitative estimate of drug-likeness (QED) is 0.760. The van der Waals surface area contributed by atoms with Gasteiger partial charge >= 0.3 is 0 Å². The molecular weight excluding hydrogens is 218 g/mol. The van der Waals surface area contributed by atoms with Gasteiger partial charge in [-0.05, 0) is 19.8 Å². The van der Waals surface area contributed by atoms with E-state index in [-0.39, 0.29) is 11.9 Å². The molecule has 2 rings (SSSR count). The van der Waals surface area contributed by atoms with Crippen LogP contribution in [0.2, 0.25) is 0 Å². The van der Waals surface area contributed by atoms with E-state index in [0.29, 0.717) is 5.69 Å². The first-order chi connectivity index (χ1) is 8.06. The number of carbonyl (C=O) groups is 1. The standard InChI is InChI=1S/C11H19N5O/c1-7-9(12)11(15(3)14-7)16-6-4-5-8(16)10(17)13-2/h8H,4-6,12H2,1-3H3,(H,13,17). The molecule has 1 aromatic rings. The summed E-state index contributed by atoms with van der Waals surface area (Å²) in [5, 5.41) is 6.99. The van der Waals surface area contributed by atoms with Crippen molar-refractivity contribution >= 4 is 17.4 Å². The fraction of sp³-hybridized carbons (Fsp3) is 0.636. The number of nitrogen functional groups attached to an aromatic ring is 1. The molecule has 0 aliphatic carbocycles. The monoisotopic (exact) mass is 237 g/mol. The maximum atomic E-state index is 11.8. The molecule has 1 aliphatic heterocycles. The Morgan fingerprint density at radius 2 is 2.29 bits per heavy atom. The van der Waals surface area contributed by atoms with Gasteiger partial charge < -0.3 is 16.0 Å². The molecule has 0 spiro atoms. The van der Waals surface area contributed by atoms with Gasteiger partial charge in [0.25, 0.3) is 0 Å². The number of rotatable bonds is 2. The molecule has 17 heavy (non-hydrogen) atoms. The molecule has 0 saturated carbocycles. The molecule has 1 amide bonds. The Kier molecular flexibility index (Phi) is 2.95. The molecule has 3 N–H and O–H groups in total. The van der Waals surface area contributed by atoms with Gasteiger partial charge in [-0.15, -0.1) is 0 Å².